The van der Waals surface area contributed by atoms with E-state index < -0.39 is 0 Å². The van der Waals surface area contributed by atoms with Crippen molar-refractivity contribution in [2.24, 2.45) is 5.92 Å². The highest BCUT2D eigenvalue weighted by molar-refractivity contribution is 5.92. The van der Waals surface area contributed by atoms with Gasteiger partial charge in [-0.05, 0) is 19.3 Å². The van der Waals surface area contributed by atoms with Crippen LogP contribution in [0.1, 0.15) is 26.2 Å². The summed E-state index contributed by atoms with van der Waals surface area (Å²) in [5.41, 5.74) is 0.601. The van der Waals surface area contributed by atoms with Crippen LogP contribution >= 0.6 is 0 Å². The zero-order valence-electron chi connectivity index (χ0n) is 12.5. The second-order valence-corrected chi connectivity index (χ2v) is 5.16. The predicted molar refractivity (Wildman–Crippen MR) is 77.7 cm³/mol. The van der Waals surface area contributed by atoms with Crippen LogP contribution in [0.5, 0.6) is 0 Å². The van der Waals surface area contributed by atoms with Crippen molar-refractivity contribution in [2.45, 2.75) is 38.8 Å². The highest BCUT2D eigenvalue weighted by Gasteiger charge is 2.30. The van der Waals surface area contributed by atoms with Crippen LogP contribution in [-0.2, 0) is 20.9 Å². The summed E-state index contributed by atoms with van der Waals surface area (Å²) in [5.74, 6) is -0.296. The third-order valence-electron chi connectivity index (χ3n) is 3.66. The Balaban J connectivity index is 1.94. The average Bonchev–Trinajstić information content (AvgIpc) is 2.93. The van der Waals surface area contributed by atoms with E-state index in [1.165, 1.54) is 4.68 Å². The van der Waals surface area contributed by atoms with E-state index in [1.807, 2.05) is 6.92 Å². The molecule has 1 aromatic rings. The van der Waals surface area contributed by atoms with Crippen molar-refractivity contribution < 1.29 is 14.3 Å². The number of ether oxygens (including phenoxy) is 1. The van der Waals surface area contributed by atoms with Crippen molar-refractivity contribution in [1.82, 2.24) is 15.1 Å². The van der Waals surface area contributed by atoms with Gasteiger partial charge in [0.05, 0.1) is 23.9 Å². The second-order valence-electron chi connectivity index (χ2n) is 5.16. The van der Waals surface area contributed by atoms with Crippen molar-refractivity contribution in [2.75, 3.05) is 19.0 Å². The molecule has 0 bridgehead atoms. The molecule has 1 aliphatic rings. The van der Waals surface area contributed by atoms with Gasteiger partial charge >= 0.3 is 0 Å². The quantitative estimate of drug-likeness (QED) is 0.840. The lowest BCUT2D eigenvalue weighted by Gasteiger charge is -2.29. The molecule has 7 nitrogen and oxygen atoms in total. The van der Waals surface area contributed by atoms with Crippen LogP contribution in [0, 0.1) is 5.92 Å². The number of aromatic nitrogens is 2. The summed E-state index contributed by atoms with van der Waals surface area (Å²) in [6, 6.07) is 0. The number of carbonyl (C=O) groups is 2. The Bertz CT molecular complexity index is 500. The van der Waals surface area contributed by atoms with Gasteiger partial charge in [-0.15, -0.1) is 0 Å². The van der Waals surface area contributed by atoms with Crippen LogP contribution < -0.4 is 10.6 Å². The van der Waals surface area contributed by atoms with E-state index in [0.717, 1.165) is 25.9 Å². The fourth-order valence-corrected chi connectivity index (χ4v) is 2.52. The molecule has 2 heterocycles. The molecule has 1 aliphatic heterocycles. The summed E-state index contributed by atoms with van der Waals surface area (Å²) >= 11 is 0. The number of nitrogens with one attached hydrogen (secondary N) is 2. The number of anilines is 1. The zero-order chi connectivity index (χ0) is 15.2. The maximum absolute atomic E-state index is 12.3. The number of carbonyl (C=O) groups excluding carboxylic acids is 2. The summed E-state index contributed by atoms with van der Waals surface area (Å²) < 4.78 is 7.13. The highest BCUT2D eigenvalue weighted by Crippen LogP contribution is 2.24. The van der Waals surface area contributed by atoms with Gasteiger partial charge in [0, 0.05) is 19.9 Å². The van der Waals surface area contributed by atoms with Crippen molar-refractivity contribution in [3.63, 3.8) is 0 Å². The Morgan fingerprint density at radius 1 is 1.52 bits per heavy atom. The van der Waals surface area contributed by atoms with Gasteiger partial charge in [-0.3, -0.25) is 14.3 Å². The smallest absolute Gasteiger partial charge is 0.241 e. The Hall–Kier alpha value is -1.89. The number of likely N-dealkylation sites (N-methyl/N-ethyl adjacent to an activating group) is 1. The van der Waals surface area contributed by atoms with Gasteiger partial charge in [0.1, 0.15) is 6.54 Å². The van der Waals surface area contributed by atoms with Crippen LogP contribution in [0.4, 0.5) is 5.69 Å². The molecular formula is C14H22N4O3. The van der Waals surface area contributed by atoms with E-state index in [-0.39, 0.29) is 30.4 Å². The van der Waals surface area contributed by atoms with Crippen LogP contribution in [0.15, 0.2) is 12.4 Å². The van der Waals surface area contributed by atoms with E-state index >= 15 is 0 Å². The normalized spacial score (nSPS) is 21.8. The summed E-state index contributed by atoms with van der Waals surface area (Å²) in [6.45, 7) is 2.89. The minimum Gasteiger partial charge on any atom is -0.377 e. The molecular weight excluding hydrogens is 272 g/mol. The molecule has 2 atom stereocenters. The van der Waals surface area contributed by atoms with Crippen LogP contribution in [0.25, 0.3) is 0 Å². The molecule has 0 saturated carbocycles. The standard InChI is InChI=1S/C14H22N4O3/c1-3-12-11(5-4-6-21-12)14(20)17-10-7-16-18(8-10)9-13(19)15-2/h7-8,11-12H,3-6,9H2,1-2H3,(H,15,19)(H,17,20)/t11-,12-/m0/s1. The van der Waals surface area contributed by atoms with Crippen molar-refractivity contribution in [1.29, 1.82) is 0 Å². The molecule has 1 aromatic heterocycles. The minimum atomic E-state index is -0.136. The fourth-order valence-electron chi connectivity index (χ4n) is 2.52. The maximum atomic E-state index is 12.3. The SMILES string of the molecule is CC[C@@H]1OCCC[C@@H]1C(=O)Nc1cnn(CC(=O)NC)c1. The zero-order valence-corrected chi connectivity index (χ0v) is 12.5. The monoisotopic (exact) mass is 294 g/mol. The first kappa shape index (κ1) is 15.5. The first-order valence-corrected chi connectivity index (χ1v) is 7.29. The lowest BCUT2D eigenvalue weighted by atomic mass is 9.92. The largest absolute Gasteiger partial charge is 0.377 e. The van der Waals surface area contributed by atoms with E-state index in [0.29, 0.717) is 5.69 Å². The molecule has 116 valence electrons. The molecule has 2 N–H and O–H groups in total. The van der Waals surface area contributed by atoms with Gasteiger partial charge in [0.25, 0.3) is 0 Å². The number of amides is 2. The highest BCUT2D eigenvalue weighted by atomic mass is 16.5. The molecule has 2 amide bonds. The van der Waals surface area contributed by atoms with E-state index in [9.17, 15) is 9.59 Å². The Morgan fingerprint density at radius 2 is 2.33 bits per heavy atom. The molecule has 7 heteroatoms. The second kappa shape index (κ2) is 7.21. The number of nitrogens with zero attached hydrogens (tertiary/aromatic N) is 2. The lowest BCUT2D eigenvalue weighted by molar-refractivity contribution is -0.129. The van der Waals surface area contributed by atoms with Crippen molar-refractivity contribution >= 4 is 17.5 Å². The summed E-state index contributed by atoms with van der Waals surface area (Å²) in [6.07, 6.45) is 5.76. The minimum absolute atomic E-state index is 0.0142. The number of hydrogen-bond donors (Lipinski definition) is 2. The van der Waals surface area contributed by atoms with E-state index in [4.69, 9.17) is 4.74 Å². The van der Waals surface area contributed by atoms with Gasteiger partial charge in [-0.25, -0.2) is 0 Å². The van der Waals surface area contributed by atoms with Crippen molar-refractivity contribution in [3.8, 4) is 0 Å². The molecule has 0 radical (unpaired) electrons. The van der Waals surface area contributed by atoms with Gasteiger partial charge in [0.2, 0.25) is 11.8 Å². The first-order valence-electron chi connectivity index (χ1n) is 7.29. The Labute approximate surface area is 124 Å². The van der Waals surface area contributed by atoms with Gasteiger partial charge in [-0.2, -0.15) is 5.10 Å². The third-order valence-corrected chi connectivity index (χ3v) is 3.66. The van der Waals surface area contributed by atoms with Crippen LogP contribution in [0.3, 0.4) is 0 Å². The van der Waals surface area contributed by atoms with Crippen LogP contribution in [-0.4, -0.2) is 41.4 Å². The molecule has 0 spiro atoms. The molecule has 2 rings (SSSR count). The first-order chi connectivity index (χ1) is 10.1. The third kappa shape index (κ3) is 4.04. The average molecular weight is 294 g/mol. The predicted octanol–water partition coefficient (Wildman–Crippen LogP) is 0.773. The molecule has 21 heavy (non-hydrogen) atoms. The molecule has 0 unspecified atom stereocenters. The summed E-state index contributed by atoms with van der Waals surface area (Å²) in [5, 5.41) is 9.43. The van der Waals surface area contributed by atoms with E-state index in [2.05, 4.69) is 15.7 Å². The van der Waals surface area contributed by atoms with Gasteiger partial charge < -0.3 is 15.4 Å². The van der Waals surface area contributed by atoms with Gasteiger partial charge in [0.15, 0.2) is 0 Å². The maximum Gasteiger partial charge on any atom is 0.241 e. The van der Waals surface area contributed by atoms with E-state index in [1.54, 1.807) is 19.4 Å². The topological polar surface area (TPSA) is 85.2 Å². The number of rotatable bonds is 5. The number of hydrogen-bond acceptors (Lipinski definition) is 4. The fraction of sp³-hybridized carbons (Fsp3) is 0.643. The van der Waals surface area contributed by atoms with Crippen LogP contribution in [0.2, 0.25) is 0 Å². The lowest BCUT2D eigenvalue weighted by Crippen LogP contribution is -2.37. The molecule has 0 aromatic carbocycles. The molecule has 1 fully saturated rings. The molecule has 0 aliphatic carbocycles. The molecule has 1 saturated heterocycles. The van der Waals surface area contributed by atoms with Crippen molar-refractivity contribution in [3.05, 3.63) is 12.4 Å². The Morgan fingerprint density at radius 3 is 3.05 bits per heavy atom. The Kier molecular flexibility index (Phi) is 5.32. The summed E-state index contributed by atoms with van der Waals surface area (Å²) in [7, 11) is 1.57. The summed E-state index contributed by atoms with van der Waals surface area (Å²) in [4.78, 5) is 23.6. The van der Waals surface area contributed by atoms with Gasteiger partial charge in [-0.1, -0.05) is 6.92 Å².